The summed E-state index contributed by atoms with van der Waals surface area (Å²) in [7, 11) is 1.93. The lowest BCUT2D eigenvalue weighted by atomic mass is 10.5. The van der Waals surface area contributed by atoms with Crippen LogP contribution in [-0.2, 0) is 27.5 Å². The Kier molecular flexibility index (Phi) is 14.7. The molecule has 10 heteroatoms. The molecule has 0 heterocycles. The Labute approximate surface area is 132 Å². The number of nitrogens with zero attached hydrogens (tertiary/aromatic N) is 3. The molecule has 0 aromatic rings. The Bertz CT molecular complexity index is 278. The largest absolute Gasteiger partial charge is 0.501 e. The SMILES string of the molecule is COCCO[Si](CCCN=[N+]=[N-])(OCCOC)OCCOC. The summed E-state index contributed by atoms with van der Waals surface area (Å²) in [5, 5.41) is 3.53. The van der Waals surface area contributed by atoms with E-state index in [4.69, 9.17) is 33.0 Å². The quantitative estimate of drug-likeness (QED) is 0.139. The van der Waals surface area contributed by atoms with Crippen LogP contribution in [0, 0.1) is 0 Å². The molecule has 0 saturated carbocycles. The monoisotopic (exact) mass is 337 g/mol. The third-order valence-electron chi connectivity index (χ3n) is 2.63. The first-order valence-corrected chi connectivity index (χ1v) is 9.07. The number of azide groups is 1. The van der Waals surface area contributed by atoms with Crippen molar-refractivity contribution in [2.24, 2.45) is 5.11 Å². The lowest BCUT2D eigenvalue weighted by Gasteiger charge is -2.29. The molecule has 0 aromatic carbocycles. The normalized spacial score (nSPS) is 11.4. The minimum absolute atomic E-state index is 0.375. The van der Waals surface area contributed by atoms with Gasteiger partial charge in [0.15, 0.2) is 0 Å². The first-order chi connectivity index (χ1) is 10.7. The van der Waals surface area contributed by atoms with Gasteiger partial charge in [0.1, 0.15) is 0 Å². The van der Waals surface area contributed by atoms with Gasteiger partial charge in [-0.25, -0.2) is 0 Å². The molecule has 0 rings (SSSR count). The Morgan fingerprint density at radius 2 is 1.27 bits per heavy atom. The van der Waals surface area contributed by atoms with E-state index in [0.29, 0.717) is 58.7 Å². The van der Waals surface area contributed by atoms with Crippen LogP contribution in [-0.4, -0.2) is 76.3 Å². The molecular formula is C12H27N3O6Si. The first-order valence-electron chi connectivity index (χ1n) is 7.14. The third kappa shape index (κ3) is 10.9. The van der Waals surface area contributed by atoms with Gasteiger partial charge in [0, 0.05) is 38.8 Å². The van der Waals surface area contributed by atoms with Crippen LogP contribution in [0.3, 0.4) is 0 Å². The highest BCUT2D eigenvalue weighted by molar-refractivity contribution is 6.60. The predicted octanol–water partition coefficient (Wildman–Crippen LogP) is 1.61. The lowest BCUT2D eigenvalue weighted by Crippen LogP contribution is -2.48. The number of ether oxygens (including phenoxy) is 3. The Balaban J connectivity index is 4.63. The zero-order valence-electron chi connectivity index (χ0n) is 13.7. The number of methoxy groups -OCH3 is 3. The van der Waals surface area contributed by atoms with Gasteiger partial charge in [-0.3, -0.25) is 0 Å². The highest BCUT2D eigenvalue weighted by Gasteiger charge is 2.40. The van der Waals surface area contributed by atoms with Crippen LogP contribution in [0.15, 0.2) is 5.11 Å². The summed E-state index contributed by atoms with van der Waals surface area (Å²) < 4.78 is 32.6. The fraction of sp³-hybridized carbons (Fsp3) is 1.00. The molecule has 0 aromatic heterocycles. The van der Waals surface area contributed by atoms with Gasteiger partial charge in [0.2, 0.25) is 0 Å². The summed E-state index contributed by atoms with van der Waals surface area (Å²) in [5.41, 5.74) is 8.34. The van der Waals surface area contributed by atoms with E-state index in [1.807, 2.05) is 0 Å². The number of rotatable bonds is 16. The number of hydrogen-bond acceptors (Lipinski definition) is 7. The van der Waals surface area contributed by atoms with Gasteiger partial charge in [0.05, 0.1) is 39.6 Å². The van der Waals surface area contributed by atoms with Crippen LogP contribution in [0.2, 0.25) is 6.04 Å². The van der Waals surface area contributed by atoms with E-state index >= 15 is 0 Å². The van der Waals surface area contributed by atoms with E-state index in [-0.39, 0.29) is 0 Å². The van der Waals surface area contributed by atoms with Crippen molar-refractivity contribution in [1.82, 2.24) is 0 Å². The van der Waals surface area contributed by atoms with Crippen LogP contribution in [0.5, 0.6) is 0 Å². The van der Waals surface area contributed by atoms with Crippen molar-refractivity contribution in [3.63, 3.8) is 0 Å². The van der Waals surface area contributed by atoms with Crippen LogP contribution in [0.25, 0.3) is 10.4 Å². The average Bonchev–Trinajstić information content (AvgIpc) is 2.52. The maximum absolute atomic E-state index is 8.34. The maximum atomic E-state index is 8.34. The van der Waals surface area contributed by atoms with Crippen molar-refractivity contribution < 1.29 is 27.5 Å². The molecule has 0 saturated heterocycles. The second-order valence-corrected chi connectivity index (χ2v) is 7.00. The Morgan fingerprint density at radius 1 is 0.818 bits per heavy atom. The zero-order chi connectivity index (χ0) is 16.5. The van der Waals surface area contributed by atoms with Crippen molar-refractivity contribution in [1.29, 1.82) is 0 Å². The molecule has 9 nitrogen and oxygen atoms in total. The molecule has 0 radical (unpaired) electrons. The topological polar surface area (TPSA) is 104 Å². The average molecular weight is 337 g/mol. The summed E-state index contributed by atoms with van der Waals surface area (Å²) in [6.45, 7) is 2.86. The lowest BCUT2D eigenvalue weighted by molar-refractivity contribution is 0.0144. The smallest absolute Gasteiger partial charge is 0.382 e. The van der Waals surface area contributed by atoms with Gasteiger partial charge in [-0.15, -0.1) is 0 Å². The van der Waals surface area contributed by atoms with Gasteiger partial charge in [-0.05, 0) is 12.0 Å². The summed E-state index contributed by atoms with van der Waals surface area (Å²) in [5.74, 6) is 0. The molecule has 0 bridgehead atoms. The summed E-state index contributed by atoms with van der Waals surface area (Å²) in [6, 6.07) is 0.559. The molecule has 0 aliphatic heterocycles. The molecule has 0 aliphatic rings. The minimum atomic E-state index is -2.88. The second kappa shape index (κ2) is 15.2. The Hall–Kier alpha value is -0.713. The van der Waals surface area contributed by atoms with E-state index in [0.717, 1.165) is 0 Å². The third-order valence-corrected chi connectivity index (χ3v) is 5.53. The molecule has 0 N–H and O–H groups in total. The van der Waals surface area contributed by atoms with Gasteiger partial charge in [-0.1, -0.05) is 5.11 Å². The fourth-order valence-electron chi connectivity index (χ4n) is 1.59. The maximum Gasteiger partial charge on any atom is 0.501 e. The van der Waals surface area contributed by atoms with Crippen LogP contribution < -0.4 is 0 Å². The zero-order valence-corrected chi connectivity index (χ0v) is 14.7. The van der Waals surface area contributed by atoms with Crippen molar-refractivity contribution in [3.05, 3.63) is 10.4 Å². The van der Waals surface area contributed by atoms with Crippen LogP contribution in [0.1, 0.15) is 6.42 Å². The van der Waals surface area contributed by atoms with Gasteiger partial charge in [-0.2, -0.15) is 0 Å². The van der Waals surface area contributed by atoms with E-state index < -0.39 is 8.80 Å². The Morgan fingerprint density at radius 3 is 1.64 bits per heavy atom. The molecule has 22 heavy (non-hydrogen) atoms. The summed E-state index contributed by atoms with van der Waals surface area (Å²) >= 11 is 0. The van der Waals surface area contributed by atoms with Gasteiger partial charge >= 0.3 is 8.80 Å². The standard InChI is InChI=1S/C12H27N3O6Si/c1-16-6-9-19-22(20-10-7-17-2,21-11-8-18-3)12-4-5-14-15-13/h4-12H2,1-3H3. The summed E-state index contributed by atoms with van der Waals surface area (Å²) in [4.78, 5) is 2.74. The van der Waals surface area contributed by atoms with Crippen LogP contribution in [0.4, 0.5) is 0 Å². The molecule has 0 unspecified atom stereocenters. The predicted molar refractivity (Wildman–Crippen MR) is 82.7 cm³/mol. The van der Waals surface area contributed by atoms with Crippen molar-refractivity contribution in [3.8, 4) is 0 Å². The highest BCUT2D eigenvalue weighted by atomic mass is 28.4. The van der Waals surface area contributed by atoms with E-state index in [9.17, 15) is 0 Å². The molecule has 0 aliphatic carbocycles. The van der Waals surface area contributed by atoms with E-state index in [1.165, 1.54) is 0 Å². The molecular weight excluding hydrogens is 310 g/mol. The molecule has 0 spiro atoms. The second-order valence-electron chi connectivity index (χ2n) is 4.26. The van der Waals surface area contributed by atoms with Gasteiger partial charge in [0.25, 0.3) is 0 Å². The molecule has 0 fully saturated rings. The minimum Gasteiger partial charge on any atom is -0.382 e. The van der Waals surface area contributed by atoms with Gasteiger partial charge < -0.3 is 27.5 Å². The number of hydrogen-bond donors (Lipinski definition) is 0. The first kappa shape index (κ1) is 21.3. The van der Waals surface area contributed by atoms with Crippen molar-refractivity contribution in [2.45, 2.75) is 12.5 Å². The highest BCUT2D eigenvalue weighted by Crippen LogP contribution is 2.18. The van der Waals surface area contributed by atoms with E-state index in [1.54, 1.807) is 21.3 Å². The molecule has 0 amide bonds. The molecule has 0 atom stereocenters. The van der Waals surface area contributed by atoms with Crippen LogP contribution >= 0.6 is 0 Å². The fourth-order valence-corrected chi connectivity index (χ4v) is 4.05. The van der Waals surface area contributed by atoms with Crippen molar-refractivity contribution in [2.75, 3.05) is 67.5 Å². The summed E-state index contributed by atoms with van der Waals surface area (Å²) in [6.07, 6.45) is 0.628. The van der Waals surface area contributed by atoms with Crippen molar-refractivity contribution >= 4 is 8.80 Å². The van der Waals surface area contributed by atoms with E-state index in [2.05, 4.69) is 10.0 Å². The molecule has 130 valence electrons.